The third-order valence-electron chi connectivity index (χ3n) is 5.68. The van der Waals surface area contributed by atoms with E-state index < -0.39 is 0 Å². The van der Waals surface area contributed by atoms with Gasteiger partial charge in [0.2, 0.25) is 5.88 Å². The number of para-hydroxylation sites is 1. The second-order valence-corrected chi connectivity index (χ2v) is 7.52. The number of allylic oxidation sites excluding steroid dienone is 1. The van der Waals surface area contributed by atoms with Gasteiger partial charge in [-0.15, -0.1) is 0 Å². The van der Waals surface area contributed by atoms with Crippen molar-refractivity contribution < 1.29 is 5.11 Å². The van der Waals surface area contributed by atoms with E-state index >= 15 is 0 Å². The number of nitrogens with zero attached hydrogens (tertiary/aromatic N) is 3. The first-order valence-corrected chi connectivity index (χ1v) is 10.3. The van der Waals surface area contributed by atoms with Crippen LogP contribution in [0.1, 0.15) is 29.3 Å². The van der Waals surface area contributed by atoms with Gasteiger partial charge in [0.15, 0.2) is 0 Å². The Kier molecular flexibility index (Phi) is 4.71. The van der Waals surface area contributed by atoms with Crippen LogP contribution in [0.2, 0.25) is 0 Å². The number of aliphatic imine (C=N–C) groups is 1. The van der Waals surface area contributed by atoms with Crippen molar-refractivity contribution in [3.05, 3.63) is 99.6 Å². The average molecular weight is 407 g/mol. The molecule has 0 spiro atoms. The fourth-order valence-corrected chi connectivity index (χ4v) is 4.09. The fraction of sp³-hybridized carbons (Fsp3) is 0.115. The van der Waals surface area contributed by atoms with Crippen molar-refractivity contribution in [3.63, 3.8) is 0 Å². The smallest absolute Gasteiger partial charge is 0.261 e. The molecule has 0 saturated heterocycles. The Morgan fingerprint density at radius 3 is 2.58 bits per heavy atom. The third kappa shape index (κ3) is 3.24. The number of benzene rings is 2. The summed E-state index contributed by atoms with van der Waals surface area (Å²) >= 11 is 0. The first kappa shape index (κ1) is 19.0. The normalized spacial score (nSPS) is 13.8. The fourth-order valence-electron chi connectivity index (χ4n) is 4.09. The molecule has 0 bridgehead atoms. The molecule has 4 aromatic rings. The van der Waals surface area contributed by atoms with Crippen molar-refractivity contribution in [1.29, 1.82) is 0 Å². The summed E-state index contributed by atoms with van der Waals surface area (Å²) in [6.45, 7) is 2.30. The molecule has 0 unspecified atom stereocenters. The summed E-state index contributed by atoms with van der Waals surface area (Å²) in [5, 5.41) is 12.5. The van der Waals surface area contributed by atoms with Crippen molar-refractivity contribution in [2.45, 2.75) is 19.9 Å². The number of fused-ring (bicyclic) bond motifs is 2. The molecule has 0 fully saturated rings. The van der Waals surface area contributed by atoms with Crippen molar-refractivity contribution in [1.82, 2.24) is 9.55 Å². The van der Waals surface area contributed by atoms with Gasteiger partial charge in [0.25, 0.3) is 5.56 Å². The molecule has 5 rings (SSSR count). The lowest BCUT2D eigenvalue weighted by Gasteiger charge is -2.14. The molecule has 5 nitrogen and oxygen atoms in total. The van der Waals surface area contributed by atoms with Crippen molar-refractivity contribution >= 4 is 34.3 Å². The predicted molar refractivity (Wildman–Crippen MR) is 125 cm³/mol. The van der Waals surface area contributed by atoms with Crippen molar-refractivity contribution in [2.75, 3.05) is 0 Å². The number of hydrogen-bond acceptors (Lipinski definition) is 4. The minimum absolute atomic E-state index is 0.0738. The quantitative estimate of drug-likeness (QED) is 0.519. The minimum atomic E-state index is -0.241. The van der Waals surface area contributed by atoms with Crippen LogP contribution in [0.4, 0.5) is 5.69 Å². The van der Waals surface area contributed by atoms with Crippen LogP contribution >= 0.6 is 0 Å². The highest BCUT2D eigenvalue weighted by Gasteiger charge is 2.19. The molecule has 0 amide bonds. The van der Waals surface area contributed by atoms with Gasteiger partial charge >= 0.3 is 0 Å². The molecule has 2 aromatic heterocycles. The maximum atomic E-state index is 13.2. The summed E-state index contributed by atoms with van der Waals surface area (Å²) in [7, 11) is 0. The van der Waals surface area contributed by atoms with Crippen LogP contribution in [-0.4, -0.2) is 20.9 Å². The predicted octanol–water partition coefficient (Wildman–Crippen LogP) is 4.97. The van der Waals surface area contributed by atoms with Crippen LogP contribution < -0.4 is 5.56 Å². The Balaban J connectivity index is 1.73. The standard InChI is InChI=1S/C26H21N3O2/c1-2-17-8-7-12-20-18(15-28-24(17)20)14-23-21-10-3-4-11-22(21)25(30)29(26(23)31)16-19-9-5-6-13-27-19/h3-15,31H,2,16H2,1H3/b18-14+. The molecular weight excluding hydrogens is 386 g/mol. The van der Waals surface area contributed by atoms with Crippen LogP contribution in [0.15, 0.2) is 76.6 Å². The first-order valence-electron chi connectivity index (χ1n) is 10.3. The van der Waals surface area contributed by atoms with Crippen molar-refractivity contribution in [3.8, 4) is 5.88 Å². The molecule has 2 aromatic carbocycles. The molecular formula is C26H21N3O2. The minimum Gasteiger partial charge on any atom is -0.494 e. The van der Waals surface area contributed by atoms with Crippen LogP contribution in [0.5, 0.6) is 5.88 Å². The van der Waals surface area contributed by atoms with Gasteiger partial charge in [0, 0.05) is 34.5 Å². The summed E-state index contributed by atoms with van der Waals surface area (Å²) in [5.74, 6) is -0.0738. The zero-order valence-corrected chi connectivity index (χ0v) is 17.1. The van der Waals surface area contributed by atoms with Gasteiger partial charge < -0.3 is 5.11 Å². The molecule has 152 valence electrons. The zero-order valence-electron chi connectivity index (χ0n) is 17.1. The summed E-state index contributed by atoms with van der Waals surface area (Å²) in [6, 6.07) is 19.0. The Labute approximate surface area is 179 Å². The Morgan fingerprint density at radius 1 is 1.00 bits per heavy atom. The van der Waals surface area contributed by atoms with Crippen molar-refractivity contribution in [2.24, 2.45) is 4.99 Å². The SMILES string of the molecule is CCc1cccc2c1N=C/C2=C\c1c(O)n(Cc2ccccn2)c(=O)c2ccccc12. The van der Waals surface area contributed by atoms with Gasteiger partial charge in [-0.3, -0.25) is 19.3 Å². The summed E-state index contributed by atoms with van der Waals surface area (Å²) in [6.07, 6.45) is 6.32. The zero-order chi connectivity index (χ0) is 21.4. The monoisotopic (exact) mass is 407 g/mol. The van der Waals surface area contributed by atoms with E-state index in [1.165, 1.54) is 10.1 Å². The van der Waals surface area contributed by atoms with Gasteiger partial charge in [-0.1, -0.05) is 49.4 Å². The van der Waals surface area contributed by atoms with Gasteiger partial charge in [-0.05, 0) is 41.6 Å². The van der Waals surface area contributed by atoms with Crippen LogP contribution in [0, 0.1) is 0 Å². The second-order valence-electron chi connectivity index (χ2n) is 7.52. The average Bonchev–Trinajstić information content (AvgIpc) is 3.23. The number of aryl methyl sites for hydroxylation is 1. The van der Waals surface area contributed by atoms with Gasteiger partial charge in [0.05, 0.1) is 17.9 Å². The number of pyridine rings is 2. The Morgan fingerprint density at radius 2 is 1.81 bits per heavy atom. The van der Waals surface area contributed by atoms with E-state index in [-0.39, 0.29) is 18.0 Å². The molecule has 1 aliphatic heterocycles. The van der Waals surface area contributed by atoms with Gasteiger partial charge in [-0.25, -0.2) is 0 Å². The molecule has 1 N–H and O–H groups in total. The number of rotatable bonds is 4. The molecule has 31 heavy (non-hydrogen) atoms. The molecule has 0 radical (unpaired) electrons. The van der Waals surface area contributed by atoms with E-state index in [9.17, 15) is 9.90 Å². The molecule has 3 heterocycles. The highest BCUT2D eigenvalue weighted by molar-refractivity contribution is 6.22. The maximum absolute atomic E-state index is 13.2. The van der Waals surface area contributed by atoms with E-state index in [1.807, 2.05) is 60.8 Å². The number of aromatic hydroxyl groups is 1. The highest BCUT2D eigenvalue weighted by atomic mass is 16.3. The maximum Gasteiger partial charge on any atom is 0.261 e. The van der Waals surface area contributed by atoms with E-state index in [4.69, 9.17) is 0 Å². The highest BCUT2D eigenvalue weighted by Crippen LogP contribution is 2.37. The van der Waals surface area contributed by atoms with E-state index in [0.29, 0.717) is 22.0 Å². The second kappa shape index (κ2) is 7.69. The summed E-state index contributed by atoms with van der Waals surface area (Å²) in [4.78, 5) is 22.1. The van der Waals surface area contributed by atoms with Crippen LogP contribution in [0.3, 0.4) is 0 Å². The summed E-state index contributed by atoms with van der Waals surface area (Å²) < 4.78 is 1.38. The van der Waals surface area contributed by atoms with E-state index in [0.717, 1.165) is 23.2 Å². The lowest BCUT2D eigenvalue weighted by Crippen LogP contribution is -2.22. The Bertz CT molecular complexity index is 1420. The van der Waals surface area contributed by atoms with Gasteiger partial charge in [-0.2, -0.15) is 0 Å². The molecule has 0 atom stereocenters. The molecule has 5 heteroatoms. The number of aromatic nitrogens is 2. The largest absolute Gasteiger partial charge is 0.494 e. The lowest BCUT2D eigenvalue weighted by molar-refractivity contribution is 0.414. The van der Waals surface area contributed by atoms with Gasteiger partial charge in [0.1, 0.15) is 0 Å². The molecule has 0 aliphatic carbocycles. The van der Waals surface area contributed by atoms with Crippen LogP contribution in [-0.2, 0) is 13.0 Å². The topological polar surface area (TPSA) is 67.5 Å². The summed E-state index contributed by atoms with van der Waals surface area (Å²) in [5.41, 5.74) is 5.17. The van der Waals surface area contributed by atoms with E-state index in [1.54, 1.807) is 12.3 Å². The van der Waals surface area contributed by atoms with Crippen LogP contribution in [0.25, 0.3) is 22.4 Å². The Hall–Kier alpha value is -3.99. The molecule has 1 aliphatic rings. The third-order valence-corrected chi connectivity index (χ3v) is 5.68. The number of hydrogen-bond donors (Lipinski definition) is 1. The molecule has 0 saturated carbocycles. The first-order chi connectivity index (χ1) is 15.2. The lowest BCUT2D eigenvalue weighted by atomic mass is 9.98. The van der Waals surface area contributed by atoms with E-state index in [2.05, 4.69) is 23.0 Å².